The molecule has 0 aliphatic heterocycles. The van der Waals surface area contributed by atoms with Crippen LogP contribution >= 0.6 is 22.9 Å². The highest BCUT2D eigenvalue weighted by atomic mass is 35.5. The van der Waals surface area contributed by atoms with Gasteiger partial charge >= 0.3 is 0 Å². The Morgan fingerprint density at radius 3 is 2.68 bits per heavy atom. The van der Waals surface area contributed by atoms with E-state index in [9.17, 15) is 4.39 Å². The molecule has 4 heteroatoms. The molecular formula is C15H17ClFNS. The first-order chi connectivity index (χ1) is 8.97. The van der Waals surface area contributed by atoms with Crippen molar-refractivity contribution in [3.8, 4) is 0 Å². The van der Waals surface area contributed by atoms with Crippen molar-refractivity contribution in [3.63, 3.8) is 0 Å². The summed E-state index contributed by atoms with van der Waals surface area (Å²) in [7, 11) is 0. The van der Waals surface area contributed by atoms with E-state index in [1.165, 1.54) is 27.5 Å². The Labute approximate surface area is 122 Å². The summed E-state index contributed by atoms with van der Waals surface area (Å²) in [5.74, 6) is -0.253. The largest absolute Gasteiger partial charge is 0.306 e. The Kier molecular flexibility index (Phi) is 4.61. The van der Waals surface area contributed by atoms with E-state index in [0.29, 0.717) is 11.6 Å². The van der Waals surface area contributed by atoms with Gasteiger partial charge in [0.05, 0.1) is 0 Å². The van der Waals surface area contributed by atoms with Crippen molar-refractivity contribution in [1.29, 1.82) is 0 Å². The van der Waals surface area contributed by atoms with Crippen LogP contribution in [-0.4, -0.2) is 0 Å². The zero-order valence-corrected chi connectivity index (χ0v) is 12.8. The molecule has 2 aromatic rings. The lowest BCUT2D eigenvalue weighted by Gasteiger charge is -2.14. The monoisotopic (exact) mass is 297 g/mol. The van der Waals surface area contributed by atoms with Gasteiger partial charge in [0.2, 0.25) is 0 Å². The van der Waals surface area contributed by atoms with Crippen molar-refractivity contribution >= 4 is 22.9 Å². The Hall–Kier alpha value is -0.900. The van der Waals surface area contributed by atoms with Gasteiger partial charge in [0.25, 0.3) is 0 Å². The molecule has 0 fully saturated rings. The SMILES string of the molecule is Cc1cc(C(C)NCc2cc(F)ccc2Cl)c(C)s1. The van der Waals surface area contributed by atoms with E-state index < -0.39 is 0 Å². The summed E-state index contributed by atoms with van der Waals surface area (Å²) in [6.45, 7) is 6.91. The van der Waals surface area contributed by atoms with Crippen LogP contribution in [0.5, 0.6) is 0 Å². The third kappa shape index (κ3) is 3.56. The molecule has 0 aliphatic carbocycles. The Bertz CT molecular complexity index is 580. The van der Waals surface area contributed by atoms with Crippen molar-refractivity contribution < 1.29 is 4.39 Å². The van der Waals surface area contributed by atoms with Crippen LogP contribution in [0, 0.1) is 19.7 Å². The Balaban J connectivity index is 2.06. The number of hydrogen-bond donors (Lipinski definition) is 1. The van der Waals surface area contributed by atoms with E-state index >= 15 is 0 Å². The summed E-state index contributed by atoms with van der Waals surface area (Å²) in [5, 5.41) is 3.99. The lowest BCUT2D eigenvalue weighted by atomic mass is 10.1. The van der Waals surface area contributed by atoms with E-state index in [4.69, 9.17) is 11.6 Å². The third-order valence-corrected chi connectivity index (χ3v) is 4.50. The highest BCUT2D eigenvalue weighted by molar-refractivity contribution is 7.12. The summed E-state index contributed by atoms with van der Waals surface area (Å²) >= 11 is 7.86. The summed E-state index contributed by atoms with van der Waals surface area (Å²) in [6, 6.07) is 6.88. The topological polar surface area (TPSA) is 12.0 Å². The van der Waals surface area contributed by atoms with Crippen molar-refractivity contribution in [2.75, 3.05) is 0 Å². The second-order valence-corrected chi connectivity index (χ2v) is 6.57. The molecule has 19 heavy (non-hydrogen) atoms. The number of aryl methyl sites for hydroxylation is 2. The van der Waals surface area contributed by atoms with Crippen LogP contribution in [0.1, 0.15) is 33.8 Å². The maximum atomic E-state index is 13.2. The Morgan fingerprint density at radius 2 is 2.05 bits per heavy atom. The van der Waals surface area contributed by atoms with Gasteiger partial charge in [-0.2, -0.15) is 0 Å². The normalized spacial score (nSPS) is 12.7. The fraction of sp³-hybridized carbons (Fsp3) is 0.333. The summed E-state index contributed by atoms with van der Waals surface area (Å²) in [4.78, 5) is 2.63. The summed E-state index contributed by atoms with van der Waals surface area (Å²) < 4.78 is 13.2. The molecule has 1 unspecified atom stereocenters. The molecule has 1 atom stereocenters. The molecule has 1 aromatic heterocycles. The number of nitrogens with one attached hydrogen (secondary N) is 1. The number of rotatable bonds is 4. The zero-order valence-electron chi connectivity index (χ0n) is 11.3. The summed E-state index contributed by atoms with van der Waals surface area (Å²) in [5.41, 5.74) is 2.09. The standard InChI is InChI=1S/C15H17ClFNS/c1-9-6-14(11(3)19-9)10(2)18-8-12-7-13(17)4-5-15(12)16/h4-7,10,18H,8H2,1-3H3. The smallest absolute Gasteiger partial charge is 0.123 e. The second-order valence-electron chi connectivity index (χ2n) is 4.71. The fourth-order valence-electron chi connectivity index (χ4n) is 2.13. The molecule has 1 N–H and O–H groups in total. The second kappa shape index (κ2) is 6.04. The predicted octanol–water partition coefficient (Wildman–Crippen LogP) is 5.01. The van der Waals surface area contributed by atoms with Crippen LogP contribution in [0.2, 0.25) is 5.02 Å². The molecule has 2 rings (SSSR count). The predicted molar refractivity (Wildman–Crippen MR) is 80.5 cm³/mol. The number of halogens is 2. The van der Waals surface area contributed by atoms with Gasteiger partial charge in [-0.15, -0.1) is 11.3 Å². The zero-order chi connectivity index (χ0) is 14.0. The van der Waals surface area contributed by atoms with Crippen LogP contribution in [0.3, 0.4) is 0 Å². The van der Waals surface area contributed by atoms with Crippen LogP contribution in [0.25, 0.3) is 0 Å². The first kappa shape index (κ1) is 14.5. The minimum atomic E-state index is -0.253. The highest BCUT2D eigenvalue weighted by Gasteiger charge is 2.11. The molecule has 0 radical (unpaired) electrons. The van der Waals surface area contributed by atoms with Gasteiger partial charge in [-0.1, -0.05) is 11.6 Å². The number of hydrogen-bond acceptors (Lipinski definition) is 2. The molecular weight excluding hydrogens is 281 g/mol. The third-order valence-electron chi connectivity index (χ3n) is 3.15. The van der Waals surface area contributed by atoms with Gasteiger partial charge in [0.15, 0.2) is 0 Å². The van der Waals surface area contributed by atoms with E-state index in [-0.39, 0.29) is 11.9 Å². The lowest BCUT2D eigenvalue weighted by molar-refractivity contribution is 0.569. The molecule has 0 aliphatic rings. The van der Waals surface area contributed by atoms with Gasteiger partial charge in [-0.05, 0) is 56.2 Å². The van der Waals surface area contributed by atoms with E-state index in [1.54, 1.807) is 17.4 Å². The molecule has 102 valence electrons. The lowest BCUT2D eigenvalue weighted by Crippen LogP contribution is -2.18. The maximum absolute atomic E-state index is 13.2. The van der Waals surface area contributed by atoms with Gasteiger partial charge in [0.1, 0.15) is 5.82 Å². The Morgan fingerprint density at radius 1 is 1.32 bits per heavy atom. The molecule has 0 saturated heterocycles. The first-order valence-electron chi connectivity index (χ1n) is 6.21. The van der Waals surface area contributed by atoms with Crippen LogP contribution < -0.4 is 5.32 Å². The first-order valence-corrected chi connectivity index (χ1v) is 7.41. The van der Waals surface area contributed by atoms with Gasteiger partial charge < -0.3 is 5.32 Å². The van der Waals surface area contributed by atoms with Crippen molar-refractivity contribution in [2.45, 2.75) is 33.4 Å². The van der Waals surface area contributed by atoms with Crippen LogP contribution in [0.4, 0.5) is 4.39 Å². The minimum Gasteiger partial charge on any atom is -0.306 e. The fourth-order valence-corrected chi connectivity index (χ4v) is 3.34. The minimum absolute atomic E-state index is 0.226. The van der Waals surface area contributed by atoms with Crippen molar-refractivity contribution in [2.24, 2.45) is 0 Å². The van der Waals surface area contributed by atoms with Crippen LogP contribution in [0.15, 0.2) is 24.3 Å². The highest BCUT2D eigenvalue weighted by Crippen LogP contribution is 2.26. The van der Waals surface area contributed by atoms with E-state index in [1.807, 2.05) is 0 Å². The van der Waals surface area contributed by atoms with Crippen molar-refractivity contribution in [3.05, 3.63) is 56.0 Å². The van der Waals surface area contributed by atoms with E-state index in [0.717, 1.165) is 5.56 Å². The molecule has 0 spiro atoms. The van der Waals surface area contributed by atoms with Crippen molar-refractivity contribution in [1.82, 2.24) is 5.32 Å². The average Bonchev–Trinajstić information content (AvgIpc) is 2.69. The van der Waals surface area contributed by atoms with Gasteiger partial charge in [0, 0.05) is 27.4 Å². The van der Waals surface area contributed by atoms with Crippen LogP contribution in [-0.2, 0) is 6.54 Å². The molecule has 1 aromatic carbocycles. The van der Waals surface area contributed by atoms with Gasteiger partial charge in [-0.3, -0.25) is 0 Å². The summed E-state index contributed by atoms with van der Waals surface area (Å²) in [6.07, 6.45) is 0. The van der Waals surface area contributed by atoms with E-state index in [2.05, 4.69) is 32.2 Å². The molecule has 1 heterocycles. The molecule has 0 saturated carbocycles. The maximum Gasteiger partial charge on any atom is 0.123 e. The quantitative estimate of drug-likeness (QED) is 0.836. The number of thiophene rings is 1. The molecule has 1 nitrogen and oxygen atoms in total. The van der Waals surface area contributed by atoms with Gasteiger partial charge in [-0.25, -0.2) is 4.39 Å². The average molecular weight is 298 g/mol. The number of benzene rings is 1. The molecule has 0 bridgehead atoms. The molecule has 0 amide bonds.